The first-order valence-corrected chi connectivity index (χ1v) is 7.06. The van der Waals surface area contributed by atoms with Crippen molar-refractivity contribution < 1.29 is 4.74 Å². The van der Waals surface area contributed by atoms with E-state index in [4.69, 9.17) is 4.74 Å². The molecule has 0 aliphatic heterocycles. The predicted octanol–water partition coefficient (Wildman–Crippen LogP) is 3.18. The van der Waals surface area contributed by atoms with Crippen LogP contribution in [0.1, 0.15) is 32.4 Å². The van der Waals surface area contributed by atoms with E-state index in [0.29, 0.717) is 12.4 Å². The van der Waals surface area contributed by atoms with E-state index < -0.39 is 0 Å². The lowest BCUT2D eigenvalue weighted by Gasteiger charge is -2.06. The molecule has 0 unspecified atom stereocenters. The average molecular weight is 272 g/mol. The molecule has 0 saturated heterocycles. The lowest BCUT2D eigenvalue weighted by Crippen LogP contribution is -2.10. The van der Waals surface area contributed by atoms with Crippen molar-refractivity contribution in [1.29, 1.82) is 0 Å². The summed E-state index contributed by atoms with van der Waals surface area (Å²) in [5, 5.41) is 0. The Kier molecular flexibility index (Phi) is 4.93. The van der Waals surface area contributed by atoms with Crippen LogP contribution in [0, 0.1) is 0 Å². The van der Waals surface area contributed by atoms with Gasteiger partial charge in [-0.05, 0) is 37.1 Å². The topological polar surface area (TPSA) is 55.0 Å². The van der Waals surface area contributed by atoms with Crippen LogP contribution in [0.2, 0.25) is 0 Å². The summed E-state index contributed by atoms with van der Waals surface area (Å²) < 4.78 is 5.54. The van der Waals surface area contributed by atoms with Gasteiger partial charge in [0.1, 0.15) is 11.6 Å². The van der Waals surface area contributed by atoms with Crippen LogP contribution in [-0.4, -0.2) is 16.6 Å². The number of ether oxygens (including phenoxy) is 1. The minimum Gasteiger partial charge on any atom is -0.494 e. The molecule has 0 fully saturated rings. The quantitative estimate of drug-likeness (QED) is 0.878. The van der Waals surface area contributed by atoms with E-state index >= 15 is 0 Å². The maximum atomic E-state index is 11.6. The third-order valence-corrected chi connectivity index (χ3v) is 2.90. The highest BCUT2D eigenvalue weighted by Crippen LogP contribution is 2.19. The molecule has 2 rings (SSSR count). The van der Waals surface area contributed by atoms with Gasteiger partial charge >= 0.3 is 0 Å². The van der Waals surface area contributed by atoms with E-state index in [1.54, 1.807) is 6.07 Å². The number of rotatable bonds is 6. The van der Waals surface area contributed by atoms with Gasteiger partial charge in [0.2, 0.25) is 0 Å². The highest BCUT2D eigenvalue weighted by Gasteiger charge is 2.04. The molecule has 0 amide bonds. The maximum absolute atomic E-state index is 11.6. The molecular formula is C16H20N2O2. The van der Waals surface area contributed by atoms with Crippen LogP contribution in [0.3, 0.4) is 0 Å². The Morgan fingerprint density at radius 3 is 2.55 bits per heavy atom. The highest BCUT2D eigenvalue weighted by molar-refractivity contribution is 5.56. The van der Waals surface area contributed by atoms with Crippen molar-refractivity contribution in [2.75, 3.05) is 6.61 Å². The minimum absolute atomic E-state index is 0.107. The van der Waals surface area contributed by atoms with Gasteiger partial charge in [0.05, 0.1) is 6.61 Å². The van der Waals surface area contributed by atoms with Crippen LogP contribution in [0.5, 0.6) is 5.75 Å². The lowest BCUT2D eigenvalue weighted by molar-refractivity contribution is 0.317. The van der Waals surface area contributed by atoms with Gasteiger partial charge < -0.3 is 9.72 Å². The van der Waals surface area contributed by atoms with Gasteiger partial charge in [0.15, 0.2) is 0 Å². The molecule has 1 aromatic carbocycles. The molecule has 4 nitrogen and oxygen atoms in total. The number of benzene rings is 1. The first kappa shape index (κ1) is 14.3. The van der Waals surface area contributed by atoms with Gasteiger partial charge in [0.25, 0.3) is 5.56 Å². The Bertz CT molecular complexity index is 603. The fraction of sp³-hybridized carbons (Fsp3) is 0.375. The summed E-state index contributed by atoms with van der Waals surface area (Å²) in [5.41, 5.74) is 1.62. The first-order valence-electron chi connectivity index (χ1n) is 7.06. The number of H-pyrrole nitrogens is 1. The van der Waals surface area contributed by atoms with Crippen LogP contribution in [0.4, 0.5) is 0 Å². The number of nitrogens with one attached hydrogen (secondary N) is 1. The third kappa shape index (κ3) is 3.70. The summed E-state index contributed by atoms with van der Waals surface area (Å²) in [4.78, 5) is 18.9. The molecule has 0 aliphatic carbocycles. The van der Waals surface area contributed by atoms with Crippen molar-refractivity contribution in [3.63, 3.8) is 0 Å². The Labute approximate surface area is 118 Å². The fourth-order valence-corrected chi connectivity index (χ4v) is 1.96. The third-order valence-electron chi connectivity index (χ3n) is 2.90. The molecule has 1 N–H and O–H groups in total. The molecule has 106 valence electrons. The van der Waals surface area contributed by atoms with Gasteiger partial charge in [-0.3, -0.25) is 4.79 Å². The van der Waals surface area contributed by atoms with Gasteiger partial charge in [-0.25, -0.2) is 4.98 Å². The van der Waals surface area contributed by atoms with Crippen molar-refractivity contribution in [1.82, 2.24) is 9.97 Å². The molecule has 0 saturated carbocycles. The minimum atomic E-state index is -0.107. The van der Waals surface area contributed by atoms with Crippen molar-refractivity contribution in [2.45, 2.75) is 33.1 Å². The van der Waals surface area contributed by atoms with E-state index in [9.17, 15) is 4.79 Å². The van der Waals surface area contributed by atoms with Crippen LogP contribution >= 0.6 is 0 Å². The summed E-state index contributed by atoms with van der Waals surface area (Å²) in [7, 11) is 0. The zero-order valence-corrected chi connectivity index (χ0v) is 12.0. The Hall–Kier alpha value is -2.10. The number of hydrogen-bond acceptors (Lipinski definition) is 3. The van der Waals surface area contributed by atoms with Crippen molar-refractivity contribution in [3.8, 4) is 17.1 Å². The molecule has 4 heteroatoms. The summed E-state index contributed by atoms with van der Waals surface area (Å²) >= 11 is 0. The van der Waals surface area contributed by atoms with E-state index in [-0.39, 0.29) is 5.56 Å². The molecule has 0 radical (unpaired) electrons. The lowest BCUT2D eigenvalue weighted by atomic mass is 10.2. The van der Waals surface area contributed by atoms with Crippen LogP contribution in [-0.2, 0) is 6.42 Å². The summed E-state index contributed by atoms with van der Waals surface area (Å²) in [6.07, 6.45) is 2.77. The molecule has 0 aliphatic rings. The molecule has 1 heterocycles. The molecule has 0 spiro atoms. The first-order chi connectivity index (χ1) is 9.72. The van der Waals surface area contributed by atoms with Crippen LogP contribution in [0.25, 0.3) is 11.4 Å². The standard InChI is InChI=1S/C16H20N2O2/c1-3-5-13-11-15(19)18-16(17-13)12-6-8-14(9-7-12)20-10-4-2/h6-9,11H,3-5,10H2,1-2H3,(H,17,18,19). The van der Waals surface area contributed by atoms with Gasteiger partial charge in [-0.15, -0.1) is 0 Å². The van der Waals surface area contributed by atoms with Crippen molar-refractivity contribution >= 4 is 0 Å². The normalized spacial score (nSPS) is 10.5. The molecule has 0 bridgehead atoms. The van der Waals surface area contributed by atoms with E-state index in [0.717, 1.165) is 36.3 Å². The zero-order chi connectivity index (χ0) is 14.4. The summed E-state index contributed by atoms with van der Waals surface area (Å²) in [6.45, 7) is 4.85. The number of hydrogen-bond donors (Lipinski definition) is 1. The van der Waals surface area contributed by atoms with Crippen molar-refractivity contribution in [2.24, 2.45) is 0 Å². The molecular weight excluding hydrogens is 252 g/mol. The second-order valence-electron chi connectivity index (χ2n) is 4.71. The smallest absolute Gasteiger partial charge is 0.251 e. The SMILES string of the molecule is CCCOc1ccc(-c2nc(CCC)cc(=O)[nH]2)cc1. The van der Waals surface area contributed by atoms with Crippen LogP contribution in [0.15, 0.2) is 35.1 Å². The van der Waals surface area contributed by atoms with Gasteiger partial charge in [-0.1, -0.05) is 20.3 Å². The average Bonchev–Trinajstić information content (AvgIpc) is 2.45. The largest absolute Gasteiger partial charge is 0.494 e. The van der Waals surface area contributed by atoms with E-state index in [1.807, 2.05) is 24.3 Å². The van der Waals surface area contributed by atoms with E-state index in [1.165, 1.54) is 0 Å². The van der Waals surface area contributed by atoms with Crippen molar-refractivity contribution in [3.05, 3.63) is 46.4 Å². The number of nitrogens with zero attached hydrogens (tertiary/aromatic N) is 1. The van der Waals surface area contributed by atoms with E-state index in [2.05, 4.69) is 23.8 Å². The Balaban J connectivity index is 2.24. The summed E-state index contributed by atoms with van der Waals surface area (Å²) in [5.74, 6) is 1.45. The fourth-order valence-electron chi connectivity index (χ4n) is 1.96. The zero-order valence-electron chi connectivity index (χ0n) is 12.0. The highest BCUT2D eigenvalue weighted by atomic mass is 16.5. The number of aromatic amines is 1. The Morgan fingerprint density at radius 2 is 1.90 bits per heavy atom. The molecule has 0 atom stereocenters. The monoisotopic (exact) mass is 272 g/mol. The summed E-state index contributed by atoms with van der Waals surface area (Å²) in [6, 6.07) is 9.19. The second kappa shape index (κ2) is 6.89. The number of aryl methyl sites for hydroxylation is 1. The second-order valence-corrected chi connectivity index (χ2v) is 4.71. The molecule has 2 aromatic rings. The Morgan fingerprint density at radius 1 is 1.15 bits per heavy atom. The predicted molar refractivity (Wildman–Crippen MR) is 80.1 cm³/mol. The molecule has 1 aromatic heterocycles. The maximum Gasteiger partial charge on any atom is 0.251 e. The molecule has 20 heavy (non-hydrogen) atoms. The van der Waals surface area contributed by atoms with Gasteiger partial charge in [-0.2, -0.15) is 0 Å². The van der Waals surface area contributed by atoms with Crippen LogP contribution < -0.4 is 10.3 Å². The van der Waals surface area contributed by atoms with Gasteiger partial charge in [0, 0.05) is 17.3 Å². The number of aromatic nitrogens is 2.